The molecule has 0 rings (SSSR count). The zero-order valence-corrected chi connectivity index (χ0v) is 17.5. The van der Waals surface area contributed by atoms with Gasteiger partial charge in [-0.3, -0.25) is 0 Å². The van der Waals surface area contributed by atoms with Crippen LogP contribution in [0.1, 0.15) is 84.0 Å². The molecule has 0 aromatic rings. The third-order valence-corrected chi connectivity index (χ3v) is 2.98. The summed E-state index contributed by atoms with van der Waals surface area (Å²) in [5.41, 5.74) is 0. The Balaban J connectivity index is -0.000000520. The molecule has 0 aliphatic rings. The van der Waals surface area contributed by atoms with Gasteiger partial charge in [-0.25, -0.2) is 0 Å². The molecule has 0 amide bonds. The summed E-state index contributed by atoms with van der Waals surface area (Å²) in [6, 6.07) is 0. The van der Waals surface area contributed by atoms with Crippen LogP contribution in [0.4, 0.5) is 0 Å². The molecule has 128 valence electrons. The van der Waals surface area contributed by atoms with Crippen molar-refractivity contribution in [3.8, 4) is 0 Å². The molecule has 0 spiro atoms. The van der Waals surface area contributed by atoms with E-state index in [0.29, 0.717) is 0 Å². The number of carbonyl (C=O) groups is 1. The molecule has 0 bridgehead atoms. The van der Waals surface area contributed by atoms with Crippen LogP contribution < -0.4 is 19.8 Å². The molecule has 0 aliphatic heterocycles. The monoisotopic (exact) mass is 386 g/mol. The van der Waals surface area contributed by atoms with Gasteiger partial charge in [0.2, 0.25) is 0 Å². The number of rotatable bonds is 12. The van der Waals surface area contributed by atoms with E-state index < -0.39 is 13.8 Å². The van der Waals surface area contributed by atoms with Crippen molar-refractivity contribution in [3.63, 3.8) is 0 Å². The summed E-state index contributed by atoms with van der Waals surface area (Å²) in [5.74, 6) is -0.907. The largest absolute Gasteiger partial charge is 2.00 e. The van der Waals surface area contributed by atoms with E-state index in [1.807, 2.05) is 0 Å². The molecule has 22 heavy (non-hydrogen) atoms. The van der Waals surface area contributed by atoms with Crippen molar-refractivity contribution in [1.82, 2.24) is 0 Å². The minimum atomic E-state index is -5.39. The summed E-state index contributed by atoms with van der Waals surface area (Å²) < 4.78 is 8.55. The van der Waals surface area contributed by atoms with Gasteiger partial charge in [-0.05, 0) is 12.8 Å². The van der Waals surface area contributed by atoms with Gasteiger partial charge in [0.05, 0.1) is 0 Å². The fourth-order valence-corrected chi connectivity index (χ4v) is 1.93. The molecular formula is C14H27O6PZn-2. The first kappa shape index (κ1) is 27.1. The third kappa shape index (κ3) is 42.7. The number of hydrogen-bond donors (Lipinski definition) is 0. The van der Waals surface area contributed by atoms with Crippen LogP contribution >= 0.6 is 7.82 Å². The fraction of sp³-hybridized carbons (Fsp3) is 0.929. The van der Waals surface area contributed by atoms with Crippen LogP contribution in [-0.4, -0.2) is 5.97 Å². The standard InChI is InChI=1S/C14H28O2.H3O4P.Zn/c1-2-3-4-5-6-7-8-9-10-11-12-13-14(15)16;1-5(2,3)4;/h2-13H2,1H3,(H,15,16);(H3,1,2,3,4);/q;;+2/p-4. The summed E-state index contributed by atoms with van der Waals surface area (Å²) in [4.78, 5) is 35.8. The maximum absolute atomic E-state index is 10.1. The van der Waals surface area contributed by atoms with E-state index >= 15 is 0 Å². The van der Waals surface area contributed by atoms with Crippen LogP contribution in [0.3, 0.4) is 0 Å². The molecule has 0 saturated heterocycles. The Morgan fingerprint density at radius 1 is 0.773 bits per heavy atom. The Labute approximate surface area is 146 Å². The van der Waals surface area contributed by atoms with Crippen molar-refractivity contribution in [2.75, 3.05) is 0 Å². The van der Waals surface area contributed by atoms with Crippen LogP contribution in [0.15, 0.2) is 0 Å². The van der Waals surface area contributed by atoms with Gasteiger partial charge in [0, 0.05) is 5.97 Å². The van der Waals surface area contributed by atoms with Gasteiger partial charge in [0.15, 0.2) is 0 Å². The average Bonchev–Trinajstić information content (AvgIpc) is 2.33. The second-order valence-corrected chi connectivity index (χ2v) is 6.00. The Morgan fingerprint density at radius 3 is 1.32 bits per heavy atom. The number of unbranched alkanes of at least 4 members (excludes halogenated alkanes) is 10. The molecule has 0 aliphatic carbocycles. The molecule has 0 atom stereocenters. The zero-order chi connectivity index (χ0) is 16.6. The van der Waals surface area contributed by atoms with E-state index in [9.17, 15) is 9.90 Å². The minimum Gasteiger partial charge on any atom is -0.822 e. The molecule has 0 fully saturated rings. The number of carbonyl (C=O) groups excluding carboxylic acids is 1. The van der Waals surface area contributed by atoms with Gasteiger partial charge in [-0.15, -0.1) is 0 Å². The van der Waals surface area contributed by atoms with Crippen molar-refractivity contribution >= 4 is 13.8 Å². The molecule has 6 nitrogen and oxygen atoms in total. The van der Waals surface area contributed by atoms with Crippen molar-refractivity contribution < 1.29 is 48.6 Å². The average molecular weight is 388 g/mol. The normalized spacial score (nSPS) is 10.4. The fourth-order valence-electron chi connectivity index (χ4n) is 1.93. The van der Waals surface area contributed by atoms with Crippen molar-refractivity contribution in [3.05, 3.63) is 0 Å². The first-order valence-corrected chi connectivity index (χ1v) is 9.16. The molecule has 8 heteroatoms. The molecule has 0 heterocycles. The first-order chi connectivity index (χ1) is 9.77. The van der Waals surface area contributed by atoms with Crippen molar-refractivity contribution in [2.24, 2.45) is 0 Å². The summed E-state index contributed by atoms with van der Waals surface area (Å²) in [7, 11) is -5.39. The predicted molar refractivity (Wildman–Crippen MR) is 73.7 cm³/mol. The molecule has 0 N–H and O–H groups in total. The van der Waals surface area contributed by atoms with Crippen LogP contribution in [0, 0.1) is 0 Å². The first-order valence-electron chi connectivity index (χ1n) is 7.70. The maximum atomic E-state index is 10.1. The number of carboxylic acid groups (broad SMARTS) is 1. The smallest absolute Gasteiger partial charge is 0.822 e. The summed E-state index contributed by atoms with van der Waals surface area (Å²) in [5, 5.41) is 10.1. The number of hydrogen-bond acceptors (Lipinski definition) is 6. The number of phosphoric acid groups is 1. The quantitative estimate of drug-likeness (QED) is 0.274. The van der Waals surface area contributed by atoms with Crippen LogP contribution in [0.5, 0.6) is 0 Å². The summed E-state index contributed by atoms with van der Waals surface area (Å²) in [6.07, 6.45) is 14.0. The van der Waals surface area contributed by atoms with Gasteiger partial charge in [0.25, 0.3) is 0 Å². The molecular weight excluding hydrogens is 361 g/mol. The van der Waals surface area contributed by atoms with Crippen molar-refractivity contribution in [2.45, 2.75) is 84.0 Å². The Bertz CT molecular complexity index is 274. The molecule has 0 unspecified atom stereocenters. The summed E-state index contributed by atoms with van der Waals surface area (Å²) >= 11 is 0. The zero-order valence-electron chi connectivity index (χ0n) is 13.6. The second-order valence-electron chi connectivity index (χ2n) is 5.10. The maximum Gasteiger partial charge on any atom is 2.00 e. The van der Waals surface area contributed by atoms with Gasteiger partial charge in [0.1, 0.15) is 0 Å². The van der Waals surface area contributed by atoms with Gasteiger partial charge in [-0.2, -0.15) is 7.82 Å². The van der Waals surface area contributed by atoms with E-state index in [1.165, 1.54) is 57.8 Å². The topological polar surface area (TPSA) is 126 Å². The van der Waals surface area contributed by atoms with Crippen LogP contribution in [-0.2, 0) is 28.8 Å². The van der Waals surface area contributed by atoms with Gasteiger partial charge < -0.3 is 29.1 Å². The van der Waals surface area contributed by atoms with E-state index in [2.05, 4.69) is 6.92 Å². The van der Waals surface area contributed by atoms with Crippen LogP contribution in [0.2, 0.25) is 0 Å². The molecule has 0 aromatic carbocycles. The molecule has 0 aromatic heterocycles. The number of aliphatic carboxylic acids is 1. The van der Waals surface area contributed by atoms with E-state index in [-0.39, 0.29) is 25.9 Å². The molecule has 0 saturated carbocycles. The van der Waals surface area contributed by atoms with Crippen molar-refractivity contribution in [1.29, 1.82) is 0 Å². The van der Waals surface area contributed by atoms with E-state index in [1.54, 1.807) is 0 Å². The third-order valence-electron chi connectivity index (χ3n) is 2.98. The Morgan fingerprint density at radius 2 is 1.05 bits per heavy atom. The van der Waals surface area contributed by atoms with Gasteiger partial charge in [-0.1, -0.05) is 71.1 Å². The Hall–Kier alpha value is 0.203. The van der Waals surface area contributed by atoms with Gasteiger partial charge >= 0.3 is 19.5 Å². The minimum absolute atomic E-state index is 0. The second kappa shape index (κ2) is 19.3. The van der Waals surface area contributed by atoms with E-state index in [4.69, 9.17) is 19.2 Å². The molecule has 0 radical (unpaired) electrons. The predicted octanol–water partition coefficient (Wildman–Crippen LogP) is 0.610. The van der Waals surface area contributed by atoms with E-state index in [0.717, 1.165) is 12.8 Å². The van der Waals surface area contributed by atoms with Crippen LogP contribution in [0.25, 0.3) is 0 Å². The summed E-state index contributed by atoms with van der Waals surface area (Å²) in [6.45, 7) is 2.24. The Kier molecular flexibility index (Phi) is 23.7. The SMILES string of the molecule is CCCCCCCCCCCCCC(=O)[O-].O=P([O-])([O-])[O-].[Zn+2]. The number of carboxylic acids is 1.